The fourth-order valence-electron chi connectivity index (χ4n) is 2.22. The lowest BCUT2D eigenvalue weighted by molar-refractivity contribution is 0.493. The van der Waals surface area contributed by atoms with Crippen molar-refractivity contribution in [2.75, 3.05) is 17.3 Å². The van der Waals surface area contributed by atoms with Gasteiger partial charge in [-0.05, 0) is 57.2 Å². The van der Waals surface area contributed by atoms with Gasteiger partial charge in [0.1, 0.15) is 5.82 Å². The van der Waals surface area contributed by atoms with Crippen molar-refractivity contribution in [3.8, 4) is 0 Å². The van der Waals surface area contributed by atoms with Crippen molar-refractivity contribution < 1.29 is 4.39 Å². The summed E-state index contributed by atoms with van der Waals surface area (Å²) >= 11 is 0. The molecule has 19 heavy (non-hydrogen) atoms. The third-order valence-electron chi connectivity index (χ3n) is 4.57. The van der Waals surface area contributed by atoms with E-state index in [-0.39, 0.29) is 11.9 Å². The van der Waals surface area contributed by atoms with Crippen LogP contribution in [0.2, 0.25) is 0 Å². The van der Waals surface area contributed by atoms with Crippen molar-refractivity contribution in [3.05, 3.63) is 24.0 Å². The Morgan fingerprint density at radius 2 is 1.89 bits per heavy atom. The first kappa shape index (κ1) is 14.2. The van der Waals surface area contributed by atoms with Crippen LogP contribution in [0.3, 0.4) is 0 Å². The highest BCUT2D eigenvalue weighted by molar-refractivity contribution is 5.56. The van der Waals surface area contributed by atoms with Gasteiger partial charge in [-0.25, -0.2) is 4.39 Å². The smallest absolute Gasteiger partial charge is 0.148 e. The summed E-state index contributed by atoms with van der Waals surface area (Å²) < 4.78 is 14.1. The van der Waals surface area contributed by atoms with Gasteiger partial charge in [0.15, 0.2) is 0 Å². The quantitative estimate of drug-likeness (QED) is 0.854. The summed E-state index contributed by atoms with van der Waals surface area (Å²) in [4.78, 5) is 1.95. The predicted molar refractivity (Wildman–Crippen MR) is 80.4 cm³/mol. The molecule has 2 nitrogen and oxygen atoms in total. The van der Waals surface area contributed by atoms with Gasteiger partial charge >= 0.3 is 0 Å². The molecule has 3 heteroatoms. The standard InChI is InChI=1S/C16H25FN2/c1-11(2)19(5)15-7-6-13(10-14(15)17)18-12(3)16(4)8-9-16/h6-7,10-12,18H,8-9H2,1-5H3. The van der Waals surface area contributed by atoms with E-state index in [1.807, 2.05) is 24.1 Å². The molecule has 1 N–H and O–H groups in total. The molecular formula is C16H25FN2. The molecule has 1 aromatic carbocycles. The summed E-state index contributed by atoms with van der Waals surface area (Å²) in [5.41, 5.74) is 1.93. The van der Waals surface area contributed by atoms with Crippen LogP contribution in [0.15, 0.2) is 18.2 Å². The van der Waals surface area contributed by atoms with E-state index < -0.39 is 0 Å². The second-order valence-corrected chi connectivity index (χ2v) is 6.39. The molecule has 0 radical (unpaired) electrons. The largest absolute Gasteiger partial charge is 0.382 e. The van der Waals surface area contributed by atoms with Gasteiger partial charge < -0.3 is 10.2 Å². The molecule has 0 aromatic heterocycles. The maximum absolute atomic E-state index is 14.1. The van der Waals surface area contributed by atoms with Gasteiger partial charge in [0.25, 0.3) is 0 Å². The summed E-state index contributed by atoms with van der Waals surface area (Å²) in [7, 11) is 1.92. The van der Waals surface area contributed by atoms with Crippen LogP contribution in [-0.4, -0.2) is 19.1 Å². The molecule has 1 aliphatic carbocycles. The Morgan fingerprint density at radius 3 is 2.37 bits per heavy atom. The monoisotopic (exact) mass is 264 g/mol. The number of nitrogens with one attached hydrogen (secondary N) is 1. The zero-order valence-electron chi connectivity index (χ0n) is 12.6. The van der Waals surface area contributed by atoms with E-state index in [1.54, 1.807) is 6.07 Å². The third-order valence-corrected chi connectivity index (χ3v) is 4.57. The van der Waals surface area contributed by atoms with Gasteiger partial charge in [-0.2, -0.15) is 0 Å². The minimum absolute atomic E-state index is 0.158. The first-order chi connectivity index (χ1) is 8.83. The Balaban J connectivity index is 2.10. The topological polar surface area (TPSA) is 15.3 Å². The summed E-state index contributed by atoms with van der Waals surface area (Å²) in [5, 5.41) is 3.42. The van der Waals surface area contributed by atoms with E-state index in [0.29, 0.717) is 17.1 Å². The maximum Gasteiger partial charge on any atom is 0.148 e. The Labute approximate surface area is 116 Å². The van der Waals surface area contributed by atoms with E-state index in [2.05, 4.69) is 33.0 Å². The van der Waals surface area contributed by atoms with Crippen LogP contribution in [0.25, 0.3) is 0 Å². The highest BCUT2D eigenvalue weighted by atomic mass is 19.1. The van der Waals surface area contributed by atoms with Crippen molar-refractivity contribution in [2.24, 2.45) is 5.41 Å². The number of benzene rings is 1. The van der Waals surface area contributed by atoms with Crippen LogP contribution in [0.4, 0.5) is 15.8 Å². The second-order valence-electron chi connectivity index (χ2n) is 6.39. The van der Waals surface area contributed by atoms with Crippen LogP contribution in [0.1, 0.15) is 40.5 Å². The molecule has 106 valence electrons. The van der Waals surface area contributed by atoms with Crippen LogP contribution >= 0.6 is 0 Å². The van der Waals surface area contributed by atoms with E-state index >= 15 is 0 Å². The van der Waals surface area contributed by atoms with E-state index in [4.69, 9.17) is 0 Å². The molecule has 1 atom stereocenters. The molecule has 0 amide bonds. The molecule has 0 spiro atoms. The molecule has 1 saturated carbocycles. The third kappa shape index (κ3) is 3.02. The number of rotatable bonds is 5. The van der Waals surface area contributed by atoms with Crippen LogP contribution in [-0.2, 0) is 0 Å². The normalized spacial score (nSPS) is 18.3. The van der Waals surface area contributed by atoms with E-state index in [9.17, 15) is 4.39 Å². The van der Waals surface area contributed by atoms with Gasteiger partial charge in [-0.3, -0.25) is 0 Å². The summed E-state index contributed by atoms with van der Waals surface area (Å²) in [6.07, 6.45) is 2.52. The Hall–Kier alpha value is -1.25. The molecule has 0 saturated heterocycles. The SMILES string of the molecule is CC(C)N(C)c1ccc(NC(C)C2(C)CC2)cc1F. The number of anilines is 2. The van der Waals surface area contributed by atoms with Crippen molar-refractivity contribution in [1.29, 1.82) is 0 Å². The van der Waals surface area contributed by atoms with Gasteiger partial charge in [0, 0.05) is 24.8 Å². The van der Waals surface area contributed by atoms with E-state index in [1.165, 1.54) is 12.8 Å². The Kier molecular flexibility index (Phi) is 3.75. The lowest BCUT2D eigenvalue weighted by Crippen LogP contribution is -2.27. The number of halogens is 1. The van der Waals surface area contributed by atoms with Crippen molar-refractivity contribution in [2.45, 2.75) is 52.6 Å². The summed E-state index contributed by atoms with van der Waals surface area (Å²) in [5.74, 6) is -0.158. The molecule has 2 rings (SSSR count). The zero-order valence-corrected chi connectivity index (χ0v) is 12.6. The molecule has 1 unspecified atom stereocenters. The van der Waals surface area contributed by atoms with Crippen molar-refractivity contribution in [3.63, 3.8) is 0 Å². The van der Waals surface area contributed by atoms with Gasteiger partial charge in [0.2, 0.25) is 0 Å². The molecule has 0 heterocycles. The fraction of sp³-hybridized carbons (Fsp3) is 0.625. The Bertz CT molecular complexity index is 452. The highest BCUT2D eigenvalue weighted by Gasteiger charge is 2.42. The van der Waals surface area contributed by atoms with Gasteiger partial charge in [-0.1, -0.05) is 6.92 Å². The molecule has 0 aliphatic heterocycles. The van der Waals surface area contributed by atoms with Crippen LogP contribution < -0.4 is 10.2 Å². The van der Waals surface area contributed by atoms with Crippen molar-refractivity contribution >= 4 is 11.4 Å². The number of nitrogens with zero attached hydrogens (tertiary/aromatic N) is 1. The molecule has 1 aromatic rings. The highest BCUT2D eigenvalue weighted by Crippen LogP contribution is 2.48. The van der Waals surface area contributed by atoms with E-state index in [0.717, 1.165) is 5.69 Å². The van der Waals surface area contributed by atoms with Gasteiger partial charge in [-0.15, -0.1) is 0 Å². The molecule has 1 fully saturated rings. The lowest BCUT2D eigenvalue weighted by atomic mass is 10.0. The number of hydrogen-bond donors (Lipinski definition) is 1. The molecular weight excluding hydrogens is 239 g/mol. The van der Waals surface area contributed by atoms with Gasteiger partial charge in [0.05, 0.1) is 5.69 Å². The summed E-state index contributed by atoms with van der Waals surface area (Å²) in [6, 6.07) is 6.12. The molecule has 1 aliphatic rings. The minimum Gasteiger partial charge on any atom is -0.382 e. The Morgan fingerprint density at radius 1 is 1.26 bits per heavy atom. The summed E-state index contributed by atoms with van der Waals surface area (Å²) in [6.45, 7) is 8.57. The van der Waals surface area contributed by atoms with Crippen LogP contribution in [0.5, 0.6) is 0 Å². The zero-order chi connectivity index (χ0) is 14.2. The second kappa shape index (κ2) is 5.03. The predicted octanol–water partition coefficient (Wildman–Crippen LogP) is 4.27. The maximum atomic E-state index is 14.1. The average molecular weight is 264 g/mol. The van der Waals surface area contributed by atoms with Crippen molar-refractivity contribution in [1.82, 2.24) is 0 Å². The average Bonchev–Trinajstić information content (AvgIpc) is 3.08. The minimum atomic E-state index is -0.158. The first-order valence-electron chi connectivity index (χ1n) is 7.12. The van der Waals surface area contributed by atoms with Crippen LogP contribution in [0, 0.1) is 11.2 Å². The first-order valence-corrected chi connectivity index (χ1v) is 7.12. The number of hydrogen-bond acceptors (Lipinski definition) is 2. The lowest BCUT2D eigenvalue weighted by Gasteiger charge is -2.26. The fourth-order valence-corrected chi connectivity index (χ4v) is 2.22. The molecule has 0 bridgehead atoms.